The first-order valence-corrected chi connectivity index (χ1v) is 28.3. The zero-order chi connectivity index (χ0) is 47.4. The first kappa shape index (κ1) is 62.2. The van der Waals surface area contributed by atoms with E-state index in [-0.39, 0.29) is 18.9 Å². The number of amides is 1. The highest BCUT2D eigenvalue weighted by molar-refractivity contribution is 5.76. The van der Waals surface area contributed by atoms with Gasteiger partial charge >= 0.3 is 0 Å². The van der Waals surface area contributed by atoms with Crippen molar-refractivity contribution in [3.8, 4) is 0 Å². The van der Waals surface area contributed by atoms with Crippen molar-refractivity contribution in [3.05, 3.63) is 0 Å². The van der Waals surface area contributed by atoms with Gasteiger partial charge in [0.25, 0.3) is 0 Å². The minimum atomic E-state index is -1.60. The van der Waals surface area contributed by atoms with E-state index in [2.05, 4.69) is 19.2 Å². The van der Waals surface area contributed by atoms with Crippen LogP contribution in [0.2, 0.25) is 0 Å². The standard InChI is InChI=1S/C55H109NO9/c1-3-5-7-9-11-13-15-16-17-18-19-20-21-22-23-24-25-26-27-28-29-30-31-32-34-36-38-40-42-44-50(59)56-47(46-64-55-54(63)53(62)52(61)49(45-57)65-55)51(60)48(58)43-41-39-37-35-33-14-12-10-8-6-4-2/h47-49,51-55,57-58,60-63H,3-46H2,1-2H3,(H,56,59)/t47-,48+,49+,51-,52-,53?,54?,55+/m0/s1. The van der Waals surface area contributed by atoms with Crippen LogP contribution in [0.4, 0.5) is 0 Å². The zero-order valence-electron chi connectivity index (χ0n) is 42.6. The lowest BCUT2D eigenvalue weighted by molar-refractivity contribution is -0.303. The Morgan fingerprint density at radius 3 is 1.14 bits per heavy atom. The second-order valence-corrected chi connectivity index (χ2v) is 20.2. The Morgan fingerprint density at radius 1 is 0.477 bits per heavy atom. The fraction of sp³-hybridized carbons (Fsp3) is 0.982. The van der Waals surface area contributed by atoms with Gasteiger partial charge in [0.2, 0.25) is 5.91 Å². The van der Waals surface area contributed by atoms with E-state index >= 15 is 0 Å². The van der Waals surface area contributed by atoms with Gasteiger partial charge in [-0.3, -0.25) is 4.79 Å². The lowest BCUT2D eigenvalue weighted by Crippen LogP contribution is -2.60. The van der Waals surface area contributed by atoms with Crippen molar-refractivity contribution >= 4 is 5.91 Å². The number of aliphatic hydroxyl groups is 6. The van der Waals surface area contributed by atoms with Gasteiger partial charge in [-0.15, -0.1) is 0 Å². The molecule has 1 saturated heterocycles. The van der Waals surface area contributed by atoms with Gasteiger partial charge in [-0.05, 0) is 12.8 Å². The molecule has 1 rings (SSSR count). The minimum absolute atomic E-state index is 0.252. The average Bonchev–Trinajstić information content (AvgIpc) is 3.31. The normalized spacial score (nSPS) is 20.3. The Kier molecular flexibility index (Phi) is 43.6. The van der Waals surface area contributed by atoms with Gasteiger partial charge in [0, 0.05) is 6.42 Å². The summed E-state index contributed by atoms with van der Waals surface area (Å²) in [4.78, 5) is 13.1. The molecule has 1 heterocycles. The molecule has 2 unspecified atom stereocenters. The highest BCUT2D eigenvalue weighted by atomic mass is 16.7. The predicted molar refractivity (Wildman–Crippen MR) is 269 cm³/mol. The van der Waals surface area contributed by atoms with Gasteiger partial charge in [0.15, 0.2) is 6.29 Å². The fourth-order valence-corrected chi connectivity index (χ4v) is 9.50. The Hall–Kier alpha value is -0.850. The SMILES string of the molecule is CCCCCCCCCCCCCCCCCCCCCCCCCCCCCCCC(=O)N[C@@H](CO[C@@H]1O[C@H](CO)[C@H](O)C(O)C1O)[C@H](O)[C@H](O)CCCCCCCCCCCCC. The molecule has 0 radical (unpaired) electrons. The first-order valence-electron chi connectivity index (χ1n) is 28.3. The van der Waals surface area contributed by atoms with Crippen LogP contribution in [0.15, 0.2) is 0 Å². The van der Waals surface area contributed by atoms with E-state index in [0.29, 0.717) is 6.42 Å². The fourth-order valence-electron chi connectivity index (χ4n) is 9.50. The largest absolute Gasteiger partial charge is 0.394 e. The molecule has 7 N–H and O–H groups in total. The van der Waals surface area contributed by atoms with Crippen molar-refractivity contribution in [2.45, 2.75) is 332 Å². The number of aliphatic hydroxyl groups excluding tert-OH is 6. The molecule has 0 aliphatic carbocycles. The van der Waals surface area contributed by atoms with Crippen LogP contribution in [0.5, 0.6) is 0 Å². The van der Waals surface area contributed by atoms with Crippen molar-refractivity contribution in [2.24, 2.45) is 0 Å². The third-order valence-corrected chi connectivity index (χ3v) is 14.1. The zero-order valence-corrected chi connectivity index (χ0v) is 42.6. The van der Waals surface area contributed by atoms with E-state index in [1.807, 2.05) is 0 Å². The molecular weight excluding hydrogens is 819 g/mol. The van der Waals surface area contributed by atoms with Crippen molar-refractivity contribution in [2.75, 3.05) is 13.2 Å². The number of unbranched alkanes of at least 4 members (excludes halogenated alkanes) is 38. The summed E-state index contributed by atoms with van der Waals surface area (Å²) in [5.41, 5.74) is 0. The van der Waals surface area contributed by atoms with E-state index in [9.17, 15) is 35.4 Å². The van der Waals surface area contributed by atoms with E-state index < -0.39 is 55.6 Å². The summed E-state index contributed by atoms with van der Waals surface area (Å²) in [6.45, 7) is 3.63. The summed E-state index contributed by atoms with van der Waals surface area (Å²) in [6, 6.07) is -0.985. The lowest BCUT2D eigenvalue weighted by atomic mass is 9.98. The average molecular weight is 928 g/mol. The van der Waals surface area contributed by atoms with Gasteiger partial charge < -0.3 is 45.4 Å². The Morgan fingerprint density at radius 2 is 0.800 bits per heavy atom. The van der Waals surface area contributed by atoms with Crippen molar-refractivity contribution in [3.63, 3.8) is 0 Å². The summed E-state index contributed by atoms with van der Waals surface area (Å²) in [7, 11) is 0. The molecule has 0 aromatic carbocycles. The number of carbonyl (C=O) groups is 1. The Bertz CT molecular complexity index is 1000. The molecule has 1 fully saturated rings. The molecule has 0 spiro atoms. The van der Waals surface area contributed by atoms with Gasteiger partial charge in [-0.1, -0.05) is 264 Å². The topological polar surface area (TPSA) is 169 Å². The molecule has 0 aromatic rings. The third kappa shape index (κ3) is 35.0. The molecule has 1 amide bonds. The number of carbonyl (C=O) groups excluding carboxylic acids is 1. The molecule has 10 heteroatoms. The number of hydrogen-bond acceptors (Lipinski definition) is 9. The maximum absolute atomic E-state index is 13.1. The summed E-state index contributed by atoms with van der Waals surface area (Å²) < 4.78 is 11.2. The van der Waals surface area contributed by atoms with E-state index in [0.717, 1.165) is 44.9 Å². The van der Waals surface area contributed by atoms with Gasteiger partial charge in [0.1, 0.15) is 30.5 Å². The van der Waals surface area contributed by atoms with Crippen LogP contribution in [0, 0.1) is 0 Å². The molecular formula is C55H109NO9. The van der Waals surface area contributed by atoms with Crippen molar-refractivity contribution in [1.29, 1.82) is 0 Å². The van der Waals surface area contributed by atoms with Crippen molar-refractivity contribution < 1.29 is 44.9 Å². The second-order valence-electron chi connectivity index (χ2n) is 20.2. The number of hydrogen-bond donors (Lipinski definition) is 7. The van der Waals surface area contributed by atoms with Gasteiger partial charge in [-0.25, -0.2) is 0 Å². The maximum atomic E-state index is 13.1. The molecule has 0 saturated carbocycles. The minimum Gasteiger partial charge on any atom is -0.394 e. The van der Waals surface area contributed by atoms with Crippen molar-refractivity contribution in [1.82, 2.24) is 5.32 Å². The van der Waals surface area contributed by atoms with Crippen LogP contribution in [0.25, 0.3) is 0 Å². The summed E-state index contributed by atoms with van der Waals surface area (Å²) in [5, 5.41) is 65.3. The van der Waals surface area contributed by atoms with E-state index in [4.69, 9.17) is 9.47 Å². The highest BCUT2D eigenvalue weighted by Gasteiger charge is 2.44. The van der Waals surface area contributed by atoms with Gasteiger partial charge in [-0.2, -0.15) is 0 Å². The Labute approximate surface area is 400 Å². The van der Waals surface area contributed by atoms with Crippen LogP contribution in [0.3, 0.4) is 0 Å². The third-order valence-electron chi connectivity index (χ3n) is 14.1. The molecule has 10 nitrogen and oxygen atoms in total. The van der Waals surface area contributed by atoms with Crippen LogP contribution >= 0.6 is 0 Å². The molecule has 0 bridgehead atoms. The lowest BCUT2D eigenvalue weighted by Gasteiger charge is -2.40. The predicted octanol–water partition coefficient (Wildman–Crippen LogP) is 12.4. The van der Waals surface area contributed by atoms with Crippen LogP contribution < -0.4 is 5.32 Å². The smallest absolute Gasteiger partial charge is 0.220 e. The Balaban J connectivity index is 2.15. The van der Waals surface area contributed by atoms with E-state index in [1.54, 1.807) is 0 Å². The molecule has 1 aliphatic heterocycles. The first-order chi connectivity index (χ1) is 31.8. The summed E-state index contributed by atoms with van der Waals surface area (Å²) in [6.07, 6.45) is 42.9. The summed E-state index contributed by atoms with van der Waals surface area (Å²) in [5.74, 6) is -0.252. The van der Waals surface area contributed by atoms with Gasteiger partial charge in [0.05, 0.1) is 25.4 Å². The van der Waals surface area contributed by atoms with Crippen LogP contribution in [-0.4, -0.2) is 98.7 Å². The molecule has 65 heavy (non-hydrogen) atoms. The highest BCUT2D eigenvalue weighted by Crippen LogP contribution is 2.23. The molecule has 1 aliphatic rings. The molecule has 388 valence electrons. The molecule has 8 atom stereocenters. The maximum Gasteiger partial charge on any atom is 0.220 e. The van der Waals surface area contributed by atoms with Crippen LogP contribution in [-0.2, 0) is 14.3 Å². The quantitative estimate of drug-likeness (QED) is 0.0294. The second kappa shape index (κ2) is 45.6. The summed E-state index contributed by atoms with van der Waals surface area (Å²) >= 11 is 0. The molecule has 0 aromatic heterocycles. The monoisotopic (exact) mass is 928 g/mol. The number of nitrogens with one attached hydrogen (secondary N) is 1. The van der Waals surface area contributed by atoms with Crippen LogP contribution in [0.1, 0.15) is 284 Å². The number of rotatable bonds is 49. The van der Waals surface area contributed by atoms with E-state index in [1.165, 1.54) is 212 Å². The number of ether oxygens (including phenoxy) is 2.